The van der Waals surface area contributed by atoms with Gasteiger partial charge in [0.15, 0.2) is 11.8 Å². The Labute approximate surface area is 159 Å². The number of nitrogens with one attached hydrogen (secondary N) is 2. The second-order valence-electron chi connectivity index (χ2n) is 6.75. The Kier molecular flexibility index (Phi) is 6.75. The van der Waals surface area contributed by atoms with E-state index >= 15 is 0 Å². The number of nitrogens with zero attached hydrogens (tertiary/aromatic N) is 4. The highest BCUT2D eigenvalue weighted by Crippen LogP contribution is 2.14. The van der Waals surface area contributed by atoms with Crippen LogP contribution in [-0.4, -0.2) is 46.7 Å². The second kappa shape index (κ2) is 9.45. The zero-order valence-electron chi connectivity index (χ0n) is 15.9. The van der Waals surface area contributed by atoms with Gasteiger partial charge in [0.05, 0.1) is 0 Å². The van der Waals surface area contributed by atoms with Crippen molar-refractivity contribution in [2.45, 2.75) is 45.8 Å². The Bertz CT molecular complexity index is 737. The first-order valence-corrected chi connectivity index (χ1v) is 9.43. The minimum atomic E-state index is -0.187. The van der Waals surface area contributed by atoms with Gasteiger partial charge in [-0.3, -0.25) is 4.90 Å². The summed E-state index contributed by atoms with van der Waals surface area (Å²) in [6.07, 6.45) is 2.07. The minimum absolute atomic E-state index is 0.187. The van der Waals surface area contributed by atoms with Crippen molar-refractivity contribution in [1.82, 2.24) is 25.7 Å². The van der Waals surface area contributed by atoms with Crippen molar-refractivity contribution in [3.05, 3.63) is 47.4 Å². The van der Waals surface area contributed by atoms with Crippen LogP contribution in [0.1, 0.15) is 37.0 Å². The minimum Gasteiger partial charge on any atom is -0.357 e. The average Bonchev–Trinajstić information content (AvgIpc) is 3.09. The topological polar surface area (TPSA) is 78.6 Å². The summed E-state index contributed by atoms with van der Waals surface area (Å²) in [5, 5.41) is 10.6. The molecule has 146 valence electrons. The number of aryl methyl sites for hydroxylation is 1. The molecule has 1 aromatic heterocycles. The van der Waals surface area contributed by atoms with Gasteiger partial charge in [0.1, 0.15) is 12.4 Å². The van der Waals surface area contributed by atoms with E-state index in [9.17, 15) is 4.39 Å². The molecule has 0 atom stereocenters. The fourth-order valence-electron chi connectivity index (χ4n) is 3.15. The van der Waals surface area contributed by atoms with Gasteiger partial charge in [0.2, 0.25) is 5.89 Å². The Balaban J connectivity index is 1.47. The van der Waals surface area contributed by atoms with Gasteiger partial charge < -0.3 is 15.2 Å². The van der Waals surface area contributed by atoms with Crippen LogP contribution in [0.2, 0.25) is 0 Å². The molecular formula is C19H27FN6O. The Morgan fingerprint density at radius 1 is 1.30 bits per heavy atom. The van der Waals surface area contributed by atoms with Gasteiger partial charge in [-0.25, -0.2) is 9.38 Å². The van der Waals surface area contributed by atoms with E-state index in [1.165, 1.54) is 12.1 Å². The Morgan fingerprint density at radius 3 is 2.67 bits per heavy atom. The summed E-state index contributed by atoms with van der Waals surface area (Å²) in [6, 6.07) is 7.13. The van der Waals surface area contributed by atoms with Crippen molar-refractivity contribution in [2.75, 3.05) is 19.6 Å². The maximum absolute atomic E-state index is 13.0. The van der Waals surface area contributed by atoms with Gasteiger partial charge in [-0.15, -0.1) is 0 Å². The van der Waals surface area contributed by atoms with Crippen molar-refractivity contribution in [1.29, 1.82) is 0 Å². The van der Waals surface area contributed by atoms with E-state index in [1.54, 1.807) is 6.92 Å². The largest absolute Gasteiger partial charge is 0.357 e. The highest BCUT2D eigenvalue weighted by Gasteiger charge is 2.20. The molecule has 0 bridgehead atoms. The van der Waals surface area contributed by atoms with E-state index in [1.807, 2.05) is 19.1 Å². The van der Waals surface area contributed by atoms with E-state index in [2.05, 4.69) is 30.7 Å². The zero-order chi connectivity index (χ0) is 19.1. The lowest BCUT2D eigenvalue weighted by molar-refractivity contribution is 0.198. The fraction of sp³-hybridized carbons (Fsp3) is 0.526. The first kappa shape index (κ1) is 19.3. The van der Waals surface area contributed by atoms with E-state index in [0.29, 0.717) is 24.3 Å². The first-order valence-electron chi connectivity index (χ1n) is 9.43. The highest BCUT2D eigenvalue weighted by atomic mass is 19.1. The van der Waals surface area contributed by atoms with Crippen molar-refractivity contribution in [3.63, 3.8) is 0 Å². The standard InChI is InChI=1S/C19H27FN6O/c1-3-21-19(22-12-18-23-14(2)27-25-18)24-17-8-10-26(11-9-17)13-15-4-6-16(20)7-5-15/h4-7,17H,3,8-13H2,1-2H3,(H2,21,22,24). The molecule has 7 nitrogen and oxygen atoms in total. The van der Waals surface area contributed by atoms with Crippen LogP contribution < -0.4 is 10.6 Å². The van der Waals surface area contributed by atoms with Crippen molar-refractivity contribution < 1.29 is 8.91 Å². The highest BCUT2D eigenvalue weighted by molar-refractivity contribution is 5.80. The van der Waals surface area contributed by atoms with Crippen LogP contribution in [0, 0.1) is 12.7 Å². The smallest absolute Gasteiger partial charge is 0.223 e. The van der Waals surface area contributed by atoms with Crippen molar-refractivity contribution >= 4 is 5.96 Å². The molecule has 3 rings (SSSR count). The van der Waals surface area contributed by atoms with E-state index in [-0.39, 0.29) is 5.82 Å². The van der Waals surface area contributed by atoms with Gasteiger partial charge in [-0.1, -0.05) is 17.3 Å². The first-order chi connectivity index (χ1) is 13.1. The number of likely N-dealkylation sites (tertiary alicyclic amines) is 1. The SMILES string of the molecule is CCNC(=NCc1noc(C)n1)NC1CCN(Cc2ccc(F)cc2)CC1. The second-order valence-corrected chi connectivity index (χ2v) is 6.75. The van der Waals surface area contributed by atoms with E-state index < -0.39 is 0 Å². The molecule has 2 N–H and O–H groups in total. The summed E-state index contributed by atoms with van der Waals surface area (Å²) in [7, 11) is 0. The molecule has 27 heavy (non-hydrogen) atoms. The van der Waals surface area contributed by atoms with Gasteiger partial charge in [-0.2, -0.15) is 4.98 Å². The lowest BCUT2D eigenvalue weighted by Gasteiger charge is -2.33. The maximum Gasteiger partial charge on any atom is 0.223 e. The number of guanidine groups is 1. The maximum atomic E-state index is 13.0. The predicted molar refractivity (Wildman–Crippen MR) is 102 cm³/mol. The normalized spacial score (nSPS) is 16.5. The third-order valence-electron chi connectivity index (χ3n) is 4.54. The van der Waals surface area contributed by atoms with Gasteiger partial charge in [0, 0.05) is 39.1 Å². The van der Waals surface area contributed by atoms with Crippen molar-refractivity contribution in [3.8, 4) is 0 Å². The third kappa shape index (κ3) is 6.02. The van der Waals surface area contributed by atoms with Gasteiger partial charge in [-0.05, 0) is 37.5 Å². The van der Waals surface area contributed by atoms with Crippen LogP contribution in [-0.2, 0) is 13.1 Å². The molecule has 1 aliphatic heterocycles. The lowest BCUT2D eigenvalue weighted by atomic mass is 10.0. The number of piperidine rings is 1. The number of hydrogen-bond donors (Lipinski definition) is 2. The molecule has 2 aromatic rings. The zero-order valence-corrected chi connectivity index (χ0v) is 15.9. The summed E-state index contributed by atoms with van der Waals surface area (Å²) in [5.74, 6) is 1.72. The van der Waals surface area contributed by atoms with Crippen LogP contribution in [0.4, 0.5) is 4.39 Å². The van der Waals surface area contributed by atoms with Crippen LogP contribution in [0.15, 0.2) is 33.8 Å². The van der Waals surface area contributed by atoms with Crippen LogP contribution in [0.25, 0.3) is 0 Å². The molecule has 0 saturated carbocycles. The fourth-order valence-corrected chi connectivity index (χ4v) is 3.15. The molecule has 2 heterocycles. The summed E-state index contributed by atoms with van der Waals surface area (Å²) in [4.78, 5) is 11.1. The molecule has 0 unspecified atom stereocenters. The molecular weight excluding hydrogens is 347 g/mol. The molecule has 0 aliphatic carbocycles. The molecule has 0 spiro atoms. The Hall–Kier alpha value is -2.48. The molecule has 1 fully saturated rings. The van der Waals surface area contributed by atoms with Crippen LogP contribution in [0.5, 0.6) is 0 Å². The number of benzene rings is 1. The van der Waals surface area contributed by atoms with Crippen molar-refractivity contribution in [2.24, 2.45) is 4.99 Å². The molecule has 1 aliphatic rings. The summed E-state index contributed by atoms with van der Waals surface area (Å²) < 4.78 is 18.0. The number of aliphatic imine (C=N–C) groups is 1. The Morgan fingerprint density at radius 2 is 2.04 bits per heavy atom. The molecule has 1 saturated heterocycles. The van der Waals surface area contributed by atoms with E-state index in [4.69, 9.17) is 4.52 Å². The van der Waals surface area contributed by atoms with Gasteiger partial charge >= 0.3 is 0 Å². The number of rotatable bonds is 6. The van der Waals surface area contributed by atoms with Crippen LogP contribution in [0.3, 0.4) is 0 Å². The predicted octanol–water partition coefficient (Wildman–Crippen LogP) is 2.24. The third-order valence-corrected chi connectivity index (χ3v) is 4.54. The molecule has 1 aromatic carbocycles. The lowest BCUT2D eigenvalue weighted by Crippen LogP contribution is -2.48. The van der Waals surface area contributed by atoms with E-state index in [0.717, 1.165) is 50.5 Å². The van der Waals surface area contributed by atoms with Gasteiger partial charge in [0.25, 0.3) is 0 Å². The molecule has 8 heteroatoms. The molecule has 0 radical (unpaired) electrons. The summed E-state index contributed by atoms with van der Waals surface area (Å²) in [6.45, 7) is 7.84. The monoisotopic (exact) mass is 374 g/mol. The van der Waals surface area contributed by atoms with Crippen LogP contribution >= 0.6 is 0 Å². The average molecular weight is 374 g/mol. The number of halogens is 1. The number of hydrogen-bond acceptors (Lipinski definition) is 5. The number of aromatic nitrogens is 2. The quantitative estimate of drug-likeness (QED) is 0.596. The summed E-state index contributed by atoms with van der Waals surface area (Å²) >= 11 is 0. The molecule has 0 amide bonds. The summed E-state index contributed by atoms with van der Waals surface area (Å²) in [5.41, 5.74) is 1.15.